The first-order valence-electron chi connectivity index (χ1n) is 5.83. The van der Waals surface area contributed by atoms with Crippen LogP contribution in [0.5, 0.6) is 5.75 Å². The van der Waals surface area contributed by atoms with Crippen molar-refractivity contribution in [2.45, 2.75) is 32.4 Å². The lowest BCUT2D eigenvalue weighted by Gasteiger charge is -2.25. The van der Waals surface area contributed by atoms with Crippen LogP contribution in [0, 0.1) is 15.5 Å². The van der Waals surface area contributed by atoms with Crippen molar-refractivity contribution in [3.05, 3.63) is 34.4 Å². The molecule has 0 spiro atoms. The summed E-state index contributed by atoms with van der Waals surface area (Å²) in [7, 11) is 0. The van der Waals surface area contributed by atoms with Gasteiger partial charge in [-0.15, -0.1) is 0 Å². The number of hydrogen-bond donors (Lipinski definition) is 1. The standard InChI is InChI=1S/C13H17NO4S/c1-13(2,3)11(19)8-12(15)18-10-6-4-9(5-7-10)14(16)17/h4-7,11,19H,8H2,1-3H3. The van der Waals surface area contributed by atoms with Crippen molar-refractivity contribution >= 4 is 24.3 Å². The molecule has 19 heavy (non-hydrogen) atoms. The van der Waals surface area contributed by atoms with Gasteiger partial charge in [0, 0.05) is 17.4 Å². The summed E-state index contributed by atoms with van der Waals surface area (Å²) in [6, 6.07) is 5.40. The second-order valence-corrected chi connectivity index (χ2v) is 5.93. The maximum atomic E-state index is 11.7. The van der Waals surface area contributed by atoms with Crippen molar-refractivity contribution < 1.29 is 14.5 Å². The fourth-order valence-electron chi connectivity index (χ4n) is 1.27. The fourth-order valence-corrected chi connectivity index (χ4v) is 1.42. The predicted octanol–water partition coefficient (Wildman–Crippen LogP) is 3.23. The van der Waals surface area contributed by atoms with Gasteiger partial charge in [0.25, 0.3) is 5.69 Å². The summed E-state index contributed by atoms with van der Waals surface area (Å²) in [5.41, 5.74) is -0.140. The molecule has 0 fully saturated rings. The topological polar surface area (TPSA) is 69.4 Å². The molecule has 0 radical (unpaired) electrons. The monoisotopic (exact) mass is 283 g/mol. The molecule has 0 saturated heterocycles. The van der Waals surface area contributed by atoms with E-state index in [0.29, 0.717) is 5.75 Å². The van der Waals surface area contributed by atoms with Crippen molar-refractivity contribution in [1.29, 1.82) is 0 Å². The fraction of sp³-hybridized carbons (Fsp3) is 0.462. The molecule has 0 aromatic heterocycles. The van der Waals surface area contributed by atoms with Crippen LogP contribution in [0.2, 0.25) is 0 Å². The zero-order valence-electron chi connectivity index (χ0n) is 11.1. The van der Waals surface area contributed by atoms with Gasteiger partial charge in [0.15, 0.2) is 0 Å². The van der Waals surface area contributed by atoms with Crippen LogP contribution in [0.15, 0.2) is 24.3 Å². The molecule has 1 unspecified atom stereocenters. The molecular weight excluding hydrogens is 266 g/mol. The molecule has 0 heterocycles. The van der Waals surface area contributed by atoms with Gasteiger partial charge in [-0.05, 0) is 17.5 Å². The lowest BCUT2D eigenvalue weighted by molar-refractivity contribution is -0.384. The van der Waals surface area contributed by atoms with Crippen LogP contribution in [-0.4, -0.2) is 16.1 Å². The number of esters is 1. The van der Waals surface area contributed by atoms with E-state index in [4.69, 9.17) is 4.74 Å². The lowest BCUT2D eigenvalue weighted by atomic mass is 9.90. The Kier molecular flexibility index (Phi) is 4.94. The van der Waals surface area contributed by atoms with E-state index in [1.165, 1.54) is 24.3 Å². The van der Waals surface area contributed by atoms with E-state index in [1.54, 1.807) is 0 Å². The first-order valence-corrected chi connectivity index (χ1v) is 6.35. The average Bonchev–Trinajstić information content (AvgIpc) is 2.28. The van der Waals surface area contributed by atoms with Crippen molar-refractivity contribution in [1.82, 2.24) is 0 Å². The molecule has 1 atom stereocenters. The first kappa shape index (κ1) is 15.5. The van der Waals surface area contributed by atoms with Crippen LogP contribution >= 0.6 is 12.6 Å². The Morgan fingerprint density at radius 3 is 2.32 bits per heavy atom. The third-order valence-corrected chi connectivity index (χ3v) is 3.60. The van der Waals surface area contributed by atoms with E-state index in [2.05, 4.69) is 12.6 Å². The smallest absolute Gasteiger partial charge is 0.312 e. The van der Waals surface area contributed by atoms with Gasteiger partial charge in [0.1, 0.15) is 5.75 Å². The highest BCUT2D eigenvalue weighted by Crippen LogP contribution is 2.27. The second-order valence-electron chi connectivity index (χ2n) is 5.31. The van der Waals surface area contributed by atoms with Gasteiger partial charge in [-0.3, -0.25) is 14.9 Å². The molecule has 104 valence electrons. The number of benzene rings is 1. The summed E-state index contributed by atoms with van der Waals surface area (Å²) in [5, 5.41) is 10.4. The molecule has 5 nitrogen and oxygen atoms in total. The Labute approximate surface area is 117 Å². The molecular formula is C13H17NO4S. The SMILES string of the molecule is CC(C)(C)C(S)CC(=O)Oc1ccc([N+](=O)[O-])cc1. The minimum Gasteiger partial charge on any atom is -0.426 e. The molecule has 0 aliphatic carbocycles. The number of carbonyl (C=O) groups excluding carboxylic acids is 1. The summed E-state index contributed by atoms with van der Waals surface area (Å²) in [6.07, 6.45) is 0.184. The summed E-state index contributed by atoms with van der Waals surface area (Å²) < 4.78 is 5.10. The molecule has 1 rings (SSSR count). The molecule has 0 N–H and O–H groups in total. The van der Waals surface area contributed by atoms with Gasteiger partial charge in [-0.2, -0.15) is 12.6 Å². The maximum absolute atomic E-state index is 11.7. The summed E-state index contributed by atoms with van der Waals surface area (Å²) >= 11 is 4.37. The Morgan fingerprint density at radius 2 is 1.89 bits per heavy atom. The largest absolute Gasteiger partial charge is 0.426 e. The van der Waals surface area contributed by atoms with Gasteiger partial charge in [0.05, 0.1) is 11.3 Å². The van der Waals surface area contributed by atoms with Gasteiger partial charge < -0.3 is 4.74 Å². The number of non-ortho nitro benzene ring substituents is 1. The van der Waals surface area contributed by atoms with Gasteiger partial charge >= 0.3 is 5.97 Å². The van der Waals surface area contributed by atoms with E-state index < -0.39 is 10.9 Å². The van der Waals surface area contributed by atoms with Crippen LogP contribution in [0.25, 0.3) is 0 Å². The quantitative estimate of drug-likeness (QED) is 0.303. The highest BCUT2D eigenvalue weighted by molar-refractivity contribution is 7.81. The molecule has 0 saturated carbocycles. The van der Waals surface area contributed by atoms with E-state index in [1.807, 2.05) is 20.8 Å². The maximum Gasteiger partial charge on any atom is 0.312 e. The van der Waals surface area contributed by atoms with Gasteiger partial charge in [-0.1, -0.05) is 20.8 Å². The minimum atomic E-state index is -0.505. The lowest BCUT2D eigenvalue weighted by Crippen LogP contribution is -2.25. The Balaban J connectivity index is 2.60. The molecule has 0 bridgehead atoms. The van der Waals surface area contributed by atoms with Crippen LogP contribution < -0.4 is 4.74 Å². The number of nitrogens with zero attached hydrogens (tertiary/aromatic N) is 1. The van der Waals surface area contributed by atoms with Crippen molar-refractivity contribution in [2.75, 3.05) is 0 Å². The molecule has 1 aromatic rings. The third-order valence-electron chi connectivity index (χ3n) is 2.64. The van der Waals surface area contributed by atoms with E-state index >= 15 is 0 Å². The zero-order valence-corrected chi connectivity index (χ0v) is 12.0. The van der Waals surface area contributed by atoms with Gasteiger partial charge in [0.2, 0.25) is 0 Å². The number of hydrogen-bond acceptors (Lipinski definition) is 5. The third kappa shape index (κ3) is 4.90. The van der Waals surface area contributed by atoms with E-state index in [0.717, 1.165) is 0 Å². The van der Waals surface area contributed by atoms with Crippen LogP contribution in [0.4, 0.5) is 5.69 Å². The molecule has 0 amide bonds. The predicted molar refractivity (Wildman–Crippen MR) is 75.6 cm³/mol. The Hall–Kier alpha value is -1.56. The summed E-state index contributed by atoms with van der Waals surface area (Å²) in [6.45, 7) is 5.97. The van der Waals surface area contributed by atoms with Crippen molar-refractivity contribution in [3.63, 3.8) is 0 Å². The molecule has 1 aromatic carbocycles. The van der Waals surface area contributed by atoms with Gasteiger partial charge in [-0.25, -0.2) is 0 Å². The second kappa shape index (κ2) is 6.06. The Morgan fingerprint density at radius 1 is 1.37 bits per heavy atom. The number of carbonyl (C=O) groups is 1. The molecule has 0 aliphatic heterocycles. The highest BCUT2D eigenvalue weighted by atomic mass is 32.1. The molecule has 0 aliphatic rings. The summed E-state index contributed by atoms with van der Waals surface area (Å²) in [5.74, 6) is -0.103. The van der Waals surface area contributed by atoms with E-state index in [9.17, 15) is 14.9 Å². The first-order chi connectivity index (χ1) is 8.70. The normalized spacial score (nSPS) is 12.8. The van der Waals surface area contributed by atoms with Crippen LogP contribution in [0.3, 0.4) is 0 Å². The molecule has 6 heteroatoms. The highest BCUT2D eigenvalue weighted by Gasteiger charge is 2.24. The van der Waals surface area contributed by atoms with Crippen molar-refractivity contribution in [3.8, 4) is 5.75 Å². The summed E-state index contributed by atoms with van der Waals surface area (Å²) in [4.78, 5) is 21.7. The Bertz CT molecular complexity index is 465. The minimum absolute atomic E-state index is 0.0402. The number of ether oxygens (including phenoxy) is 1. The number of thiol groups is 1. The number of nitro groups is 1. The zero-order chi connectivity index (χ0) is 14.6. The number of rotatable bonds is 4. The number of nitro benzene ring substituents is 1. The van der Waals surface area contributed by atoms with Crippen molar-refractivity contribution in [2.24, 2.45) is 5.41 Å². The average molecular weight is 283 g/mol. The van der Waals surface area contributed by atoms with Crippen LogP contribution in [-0.2, 0) is 4.79 Å². The van der Waals surface area contributed by atoms with E-state index in [-0.39, 0.29) is 22.8 Å². The van der Waals surface area contributed by atoms with Crippen LogP contribution in [0.1, 0.15) is 27.2 Å².